The maximum absolute atomic E-state index is 11.3. The molecule has 0 aromatic heterocycles. The summed E-state index contributed by atoms with van der Waals surface area (Å²) < 4.78 is 4.96. The molecule has 1 aliphatic rings. The first kappa shape index (κ1) is 10.5. The molecule has 4 heteroatoms. The van der Waals surface area contributed by atoms with Crippen molar-refractivity contribution in [2.75, 3.05) is 26.8 Å². The largest absolute Gasteiger partial charge is 0.384 e. The zero-order chi connectivity index (χ0) is 9.68. The van der Waals surface area contributed by atoms with Gasteiger partial charge in [0, 0.05) is 33.2 Å². The third-order valence-corrected chi connectivity index (χ3v) is 2.13. The van der Waals surface area contributed by atoms with E-state index in [1.54, 1.807) is 7.11 Å². The van der Waals surface area contributed by atoms with Crippen LogP contribution in [0, 0.1) is 5.92 Å². The van der Waals surface area contributed by atoms with Gasteiger partial charge in [-0.2, -0.15) is 0 Å². The van der Waals surface area contributed by atoms with E-state index in [0.717, 1.165) is 13.1 Å². The molecule has 76 valence electrons. The number of hydrogen-bond donors (Lipinski definition) is 2. The third kappa shape index (κ3) is 3.74. The molecule has 0 aromatic rings. The molecule has 0 aliphatic carbocycles. The quantitative estimate of drug-likeness (QED) is 0.622. The summed E-state index contributed by atoms with van der Waals surface area (Å²) in [5.74, 6) is 0.439. The van der Waals surface area contributed by atoms with Gasteiger partial charge in [-0.15, -0.1) is 0 Å². The van der Waals surface area contributed by atoms with Crippen LogP contribution in [0.4, 0.5) is 0 Å². The van der Waals surface area contributed by atoms with Gasteiger partial charge in [-0.05, 0) is 5.92 Å². The van der Waals surface area contributed by atoms with E-state index in [-0.39, 0.29) is 5.91 Å². The molecule has 0 saturated carbocycles. The minimum atomic E-state index is 0.135. The van der Waals surface area contributed by atoms with Crippen molar-refractivity contribution in [3.63, 3.8) is 0 Å². The fraction of sp³-hybridized carbons (Fsp3) is 0.889. The van der Waals surface area contributed by atoms with Crippen LogP contribution in [-0.4, -0.2) is 38.8 Å². The number of amides is 1. The Morgan fingerprint density at radius 1 is 1.69 bits per heavy atom. The zero-order valence-corrected chi connectivity index (χ0v) is 8.30. The second-order valence-corrected chi connectivity index (χ2v) is 3.69. The maximum atomic E-state index is 11.3. The normalized spacial score (nSPS) is 19.2. The smallest absolute Gasteiger partial charge is 0.220 e. The van der Waals surface area contributed by atoms with Crippen LogP contribution >= 0.6 is 0 Å². The van der Waals surface area contributed by atoms with Crippen LogP contribution in [0.2, 0.25) is 0 Å². The molecule has 1 heterocycles. The summed E-state index contributed by atoms with van der Waals surface area (Å²) in [6.07, 6.45) is 0.560. The van der Waals surface area contributed by atoms with Crippen molar-refractivity contribution >= 4 is 5.91 Å². The second-order valence-electron chi connectivity index (χ2n) is 3.69. The Balaban J connectivity index is 2.08. The van der Waals surface area contributed by atoms with Crippen LogP contribution in [-0.2, 0) is 9.53 Å². The van der Waals surface area contributed by atoms with Crippen LogP contribution in [0.25, 0.3) is 0 Å². The molecule has 1 unspecified atom stereocenters. The molecule has 13 heavy (non-hydrogen) atoms. The van der Waals surface area contributed by atoms with Crippen LogP contribution in [0.15, 0.2) is 0 Å². The molecule has 1 fully saturated rings. The van der Waals surface area contributed by atoms with Gasteiger partial charge in [0.25, 0.3) is 0 Å². The van der Waals surface area contributed by atoms with E-state index in [0.29, 0.717) is 25.0 Å². The number of carbonyl (C=O) groups excluding carboxylic acids is 1. The van der Waals surface area contributed by atoms with E-state index in [1.165, 1.54) is 0 Å². The molecule has 0 radical (unpaired) electrons. The van der Waals surface area contributed by atoms with Gasteiger partial charge in [0.05, 0.1) is 6.04 Å². The Kier molecular flexibility index (Phi) is 4.18. The molecule has 1 amide bonds. The van der Waals surface area contributed by atoms with Gasteiger partial charge in [-0.1, -0.05) is 6.92 Å². The summed E-state index contributed by atoms with van der Waals surface area (Å²) in [6, 6.07) is 0.349. The van der Waals surface area contributed by atoms with Gasteiger partial charge in [0.15, 0.2) is 0 Å². The fourth-order valence-corrected chi connectivity index (χ4v) is 1.34. The second kappa shape index (κ2) is 5.19. The van der Waals surface area contributed by atoms with E-state index in [2.05, 4.69) is 10.6 Å². The first-order valence-electron chi connectivity index (χ1n) is 4.71. The lowest BCUT2D eigenvalue weighted by Crippen LogP contribution is -2.57. The highest BCUT2D eigenvalue weighted by atomic mass is 16.5. The molecule has 0 bridgehead atoms. The summed E-state index contributed by atoms with van der Waals surface area (Å²) in [4.78, 5) is 11.3. The van der Waals surface area contributed by atoms with E-state index < -0.39 is 0 Å². The molecule has 2 N–H and O–H groups in total. The Morgan fingerprint density at radius 2 is 2.38 bits per heavy atom. The Bertz CT molecular complexity index is 169. The van der Waals surface area contributed by atoms with Gasteiger partial charge in [0.1, 0.15) is 0 Å². The highest BCUT2D eigenvalue weighted by Crippen LogP contribution is 2.02. The summed E-state index contributed by atoms with van der Waals surface area (Å²) in [7, 11) is 1.66. The predicted octanol–water partition coefficient (Wildman–Crippen LogP) is -0.253. The van der Waals surface area contributed by atoms with Gasteiger partial charge in [0.2, 0.25) is 5.91 Å². The van der Waals surface area contributed by atoms with Crippen molar-refractivity contribution in [2.45, 2.75) is 19.4 Å². The lowest BCUT2D eigenvalue weighted by molar-refractivity contribution is -0.123. The Morgan fingerprint density at radius 3 is 2.85 bits per heavy atom. The molecule has 1 atom stereocenters. The Hall–Kier alpha value is -0.610. The molecular formula is C9H18N2O2. The average molecular weight is 186 g/mol. The van der Waals surface area contributed by atoms with Crippen molar-refractivity contribution in [2.24, 2.45) is 5.92 Å². The van der Waals surface area contributed by atoms with E-state index in [4.69, 9.17) is 4.74 Å². The summed E-state index contributed by atoms with van der Waals surface area (Å²) in [6.45, 7) is 4.48. The van der Waals surface area contributed by atoms with Crippen molar-refractivity contribution in [1.82, 2.24) is 10.6 Å². The third-order valence-electron chi connectivity index (χ3n) is 2.13. The number of methoxy groups -OCH3 is 1. The highest BCUT2D eigenvalue weighted by molar-refractivity contribution is 5.76. The lowest BCUT2D eigenvalue weighted by atomic mass is 10.1. The lowest BCUT2D eigenvalue weighted by Gasteiger charge is -2.28. The zero-order valence-electron chi connectivity index (χ0n) is 8.30. The molecule has 0 spiro atoms. The summed E-state index contributed by atoms with van der Waals surface area (Å²) >= 11 is 0. The van der Waals surface area contributed by atoms with E-state index in [1.807, 2.05) is 6.92 Å². The first-order chi connectivity index (χ1) is 6.22. The van der Waals surface area contributed by atoms with Crippen molar-refractivity contribution in [3.05, 3.63) is 0 Å². The average Bonchev–Trinajstić information content (AvgIpc) is 1.97. The SMILES string of the molecule is COCC(C)CC(=O)NC1CNC1. The maximum Gasteiger partial charge on any atom is 0.220 e. The van der Waals surface area contributed by atoms with Crippen molar-refractivity contribution in [1.29, 1.82) is 0 Å². The van der Waals surface area contributed by atoms with Gasteiger partial charge in [-0.3, -0.25) is 4.79 Å². The molecule has 1 aliphatic heterocycles. The molecule has 1 saturated heterocycles. The number of rotatable bonds is 5. The van der Waals surface area contributed by atoms with Crippen LogP contribution in [0.1, 0.15) is 13.3 Å². The summed E-state index contributed by atoms with van der Waals surface area (Å²) in [5.41, 5.74) is 0. The molecular weight excluding hydrogens is 168 g/mol. The standard InChI is InChI=1S/C9H18N2O2/c1-7(6-13-2)3-9(12)11-8-4-10-5-8/h7-8,10H,3-6H2,1-2H3,(H,11,12). The first-order valence-corrected chi connectivity index (χ1v) is 4.71. The monoisotopic (exact) mass is 186 g/mol. The molecule has 1 rings (SSSR count). The minimum Gasteiger partial charge on any atom is -0.384 e. The highest BCUT2D eigenvalue weighted by Gasteiger charge is 2.19. The summed E-state index contributed by atoms with van der Waals surface area (Å²) in [5, 5.41) is 6.05. The van der Waals surface area contributed by atoms with Gasteiger partial charge < -0.3 is 15.4 Å². The van der Waals surface area contributed by atoms with E-state index >= 15 is 0 Å². The van der Waals surface area contributed by atoms with Crippen LogP contribution in [0.3, 0.4) is 0 Å². The predicted molar refractivity (Wildman–Crippen MR) is 50.5 cm³/mol. The van der Waals surface area contributed by atoms with Crippen LogP contribution in [0.5, 0.6) is 0 Å². The topological polar surface area (TPSA) is 50.4 Å². The number of ether oxygens (including phenoxy) is 1. The number of carbonyl (C=O) groups is 1. The minimum absolute atomic E-state index is 0.135. The molecule has 0 aromatic carbocycles. The van der Waals surface area contributed by atoms with Crippen molar-refractivity contribution < 1.29 is 9.53 Å². The fourth-order valence-electron chi connectivity index (χ4n) is 1.34. The molecule has 4 nitrogen and oxygen atoms in total. The van der Waals surface area contributed by atoms with Gasteiger partial charge in [-0.25, -0.2) is 0 Å². The van der Waals surface area contributed by atoms with Crippen LogP contribution < -0.4 is 10.6 Å². The number of nitrogens with one attached hydrogen (secondary N) is 2. The number of hydrogen-bond acceptors (Lipinski definition) is 3. The van der Waals surface area contributed by atoms with Gasteiger partial charge >= 0.3 is 0 Å². The van der Waals surface area contributed by atoms with E-state index in [9.17, 15) is 4.79 Å². The van der Waals surface area contributed by atoms with Crippen molar-refractivity contribution in [3.8, 4) is 0 Å². The Labute approximate surface area is 79.0 Å².